The second-order valence-electron chi connectivity index (χ2n) is 0.665. The Bertz CT molecular complexity index is 42.2. The summed E-state index contributed by atoms with van der Waals surface area (Å²) in [6.07, 6.45) is 0. The van der Waals surface area contributed by atoms with E-state index in [1.165, 1.54) is 0 Å². The van der Waals surface area contributed by atoms with Crippen LogP contribution in [0.25, 0.3) is 0 Å². The van der Waals surface area contributed by atoms with Gasteiger partial charge in [-0.05, 0) is 0 Å². The summed E-state index contributed by atoms with van der Waals surface area (Å²) in [6, 6.07) is 0. The van der Waals surface area contributed by atoms with E-state index in [9.17, 15) is 0 Å². The van der Waals surface area contributed by atoms with E-state index >= 15 is 0 Å². The van der Waals surface area contributed by atoms with Crippen molar-refractivity contribution in [2.24, 2.45) is 0 Å². The summed E-state index contributed by atoms with van der Waals surface area (Å²) in [6.45, 7) is 0. The van der Waals surface area contributed by atoms with Gasteiger partial charge in [0, 0.05) is 0 Å². The molecular weight excluding hydrogens is 158 g/mol. The Morgan fingerprint density at radius 2 is 1.25 bits per heavy atom. The van der Waals surface area contributed by atoms with Crippen molar-refractivity contribution in [1.82, 2.24) is 0 Å². The van der Waals surface area contributed by atoms with Gasteiger partial charge in [-0.1, -0.05) is 0 Å². The number of hydrogen-bond acceptors (Lipinski definition) is 5. The van der Waals surface area contributed by atoms with Crippen LogP contribution >= 0.6 is 0 Å². The Hall–Kier alpha value is 1.55. The van der Waals surface area contributed by atoms with E-state index in [1.807, 2.05) is 0 Å². The standard InChI is InChI=1S/Al.Na.H4O5Si.4H/c;;1-5-6(2,3)4;;;;/h;;1-4H;;;;. The fourth-order valence-electron chi connectivity index (χ4n) is 0. The molecule has 46 valence electrons. The van der Waals surface area contributed by atoms with Crippen LogP contribution < -0.4 is 0 Å². The average Bonchev–Trinajstić information content (AvgIpc) is 1.35. The molecule has 0 spiro atoms. The summed E-state index contributed by atoms with van der Waals surface area (Å²) < 4.78 is 2.74. The minimum absolute atomic E-state index is 0. The van der Waals surface area contributed by atoms with Crippen molar-refractivity contribution in [2.45, 2.75) is 0 Å². The van der Waals surface area contributed by atoms with E-state index in [0.717, 1.165) is 0 Å². The molecule has 0 rings (SSSR count). The van der Waals surface area contributed by atoms with Crippen molar-refractivity contribution in [3.05, 3.63) is 0 Å². The first kappa shape index (κ1) is 16.3. The van der Waals surface area contributed by atoms with Crippen LogP contribution in [0.15, 0.2) is 0 Å². The van der Waals surface area contributed by atoms with Gasteiger partial charge in [-0.25, -0.2) is 0 Å². The van der Waals surface area contributed by atoms with Crippen molar-refractivity contribution in [1.29, 1.82) is 0 Å². The van der Waals surface area contributed by atoms with Gasteiger partial charge >= 0.3 is 38.6 Å². The molecule has 0 aromatic rings. The van der Waals surface area contributed by atoms with Crippen LogP contribution in [0.5, 0.6) is 0 Å². The minimum atomic E-state index is -4.58. The fraction of sp³-hybridized carbons (Fsp3) is 0. The molecule has 5 nitrogen and oxygen atoms in total. The Morgan fingerprint density at radius 1 is 1.12 bits per heavy atom. The van der Waals surface area contributed by atoms with Crippen molar-refractivity contribution in [2.75, 3.05) is 0 Å². The molecule has 0 saturated carbocycles. The third-order valence-corrected chi connectivity index (χ3v) is 0.367. The molecule has 0 aromatic carbocycles. The SMILES string of the molecule is OO[Si](O)(O)O.[AlH3].[NaH]. The summed E-state index contributed by atoms with van der Waals surface area (Å²) in [5.41, 5.74) is 0. The zero-order valence-electron chi connectivity index (χ0n) is 2.70. The average molecular weight is 166 g/mol. The van der Waals surface area contributed by atoms with E-state index in [2.05, 4.69) is 4.58 Å². The Morgan fingerprint density at radius 3 is 1.25 bits per heavy atom. The molecule has 0 aliphatic carbocycles. The molecule has 0 fully saturated rings. The molecule has 0 atom stereocenters. The second kappa shape index (κ2) is 6.67. The van der Waals surface area contributed by atoms with E-state index < -0.39 is 9.05 Å². The van der Waals surface area contributed by atoms with E-state index in [-0.39, 0.29) is 46.9 Å². The maximum atomic E-state index is 7.60. The van der Waals surface area contributed by atoms with Gasteiger partial charge in [0.25, 0.3) is 0 Å². The van der Waals surface area contributed by atoms with Crippen LogP contribution in [-0.4, -0.2) is 75.6 Å². The van der Waals surface area contributed by atoms with Crippen LogP contribution in [0, 0.1) is 0 Å². The molecule has 0 saturated heterocycles. The van der Waals surface area contributed by atoms with E-state index in [4.69, 9.17) is 19.6 Å². The summed E-state index contributed by atoms with van der Waals surface area (Å²) in [4.78, 5) is 22.8. The van der Waals surface area contributed by atoms with Crippen LogP contribution in [0.3, 0.4) is 0 Å². The molecule has 0 aromatic heterocycles. The summed E-state index contributed by atoms with van der Waals surface area (Å²) in [5.74, 6) is 0. The summed E-state index contributed by atoms with van der Waals surface area (Å²) >= 11 is 0. The molecule has 0 heterocycles. The van der Waals surface area contributed by atoms with Crippen molar-refractivity contribution >= 4 is 56.0 Å². The van der Waals surface area contributed by atoms with Crippen LogP contribution in [-0.2, 0) is 4.58 Å². The van der Waals surface area contributed by atoms with Crippen LogP contribution in [0.2, 0.25) is 0 Å². The van der Waals surface area contributed by atoms with Gasteiger partial charge in [-0.2, -0.15) is 4.58 Å². The van der Waals surface area contributed by atoms with Crippen LogP contribution in [0.1, 0.15) is 0 Å². The molecule has 0 unspecified atom stereocenters. The third kappa shape index (κ3) is 15.6. The Labute approximate surface area is 79.8 Å². The van der Waals surface area contributed by atoms with Crippen molar-refractivity contribution < 1.29 is 24.2 Å². The molecule has 8 heavy (non-hydrogen) atoms. The molecule has 0 aliphatic heterocycles. The van der Waals surface area contributed by atoms with Gasteiger partial charge in [-0.15, -0.1) is 0 Å². The van der Waals surface area contributed by atoms with Gasteiger partial charge in [-0.3, -0.25) is 5.26 Å². The fourth-order valence-corrected chi connectivity index (χ4v) is 0. The number of hydrogen-bond donors (Lipinski definition) is 4. The normalized spacial score (nSPS) is 9.00. The first-order valence-electron chi connectivity index (χ1n) is 1.06. The van der Waals surface area contributed by atoms with E-state index in [0.29, 0.717) is 0 Å². The van der Waals surface area contributed by atoms with Gasteiger partial charge in [0.1, 0.15) is 0 Å². The predicted molar refractivity (Wildman–Crippen MR) is 33.2 cm³/mol. The summed E-state index contributed by atoms with van der Waals surface area (Å²) in [5, 5.41) is 7.21. The van der Waals surface area contributed by atoms with Crippen molar-refractivity contribution in [3.63, 3.8) is 0 Å². The van der Waals surface area contributed by atoms with Crippen LogP contribution in [0.4, 0.5) is 0 Å². The van der Waals surface area contributed by atoms with Gasteiger partial charge in [0.2, 0.25) is 0 Å². The second-order valence-corrected chi connectivity index (χ2v) is 2.00. The molecule has 0 radical (unpaired) electrons. The quantitative estimate of drug-likeness (QED) is 0.181. The topological polar surface area (TPSA) is 90.2 Å². The summed E-state index contributed by atoms with van der Waals surface area (Å²) in [7, 11) is -4.58. The molecule has 0 bridgehead atoms. The monoisotopic (exact) mass is 166 g/mol. The number of rotatable bonds is 1. The molecule has 4 N–H and O–H groups in total. The Balaban J connectivity index is -0.000000125. The molecule has 8 heteroatoms. The first-order chi connectivity index (χ1) is 2.56. The maximum absolute atomic E-state index is 7.60. The predicted octanol–water partition coefficient (Wildman–Crippen LogP) is -3.94. The third-order valence-electron chi connectivity index (χ3n) is 0.122. The van der Waals surface area contributed by atoms with Gasteiger partial charge in [0.15, 0.2) is 17.4 Å². The zero-order valence-corrected chi connectivity index (χ0v) is 3.70. The molecule has 0 amide bonds. The zero-order chi connectivity index (χ0) is 5.21. The molecule has 0 aliphatic rings. The van der Waals surface area contributed by atoms with Gasteiger partial charge < -0.3 is 14.4 Å². The van der Waals surface area contributed by atoms with E-state index in [1.54, 1.807) is 0 Å². The Kier molecular flexibility index (Phi) is 13.6. The van der Waals surface area contributed by atoms with Crippen molar-refractivity contribution in [3.8, 4) is 0 Å². The first-order valence-corrected chi connectivity index (χ1v) is 2.81. The van der Waals surface area contributed by atoms with Gasteiger partial charge in [0.05, 0.1) is 0 Å². The molecular formula is H8AlNaO5Si.